The van der Waals surface area contributed by atoms with Gasteiger partial charge in [0.1, 0.15) is 6.61 Å². The number of benzene rings is 1. The Morgan fingerprint density at radius 2 is 1.30 bits per heavy atom. The lowest BCUT2D eigenvalue weighted by molar-refractivity contribution is -0.145. The molecule has 4 N–H and O–H groups in total. The minimum atomic E-state index is -0.849. The van der Waals surface area contributed by atoms with Gasteiger partial charge in [-0.2, -0.15) is 0 Å². The molecule has 0 saturated heterocycles. The molecular weight excluding hydrogens is 911 g/mol. The van der Waals surface area contributed by atoms with E-state index in [2.05, 4.69) is 24.5 Å². The number of rotatable bonds is 32. The number of imide groups is 1. The second kappa shape index (κ2) is 30.3. The van der Waals surface area contributed by atoms with Gasteiger partial charge in [0.05, 0.1) is 24.2 Å². The lowest BCUT2D eigenvalue weighted by Crippen LogP contribution is -2.52. The number of ketones is 2. The average Bonchev–Trinajstić information content (AvgIpc) is 3.64. The zero-order valence-corrected chi connectivity index (χ0v) is 44.8. The smallest absolute Gasteiger partial charge is 0.410 e. The van der Waals surface area contributed by atoms with Crippen LogP contribution in [0.5, 0.6) is 0 Å². The summed E-state index contributed by atoms with van der Waals surface area (Å²) >= 11 is 0. The second-order valence-corrected chi connectivity index (χ2v) is 20.0. The molecule has 0 aliphatic carbocycles. The molecule has 1 aliphatic heterocycles. The normalized spacial score (nSPS) is 15.5. The van der Waals surface area contributed by atoms with Gasteiger partial charge >= 0.3 is 12.1 Å². The van der Waals surface area contributed by atoms with Crippen LogP contribution in [0.4, 0.5) is 15.3 Å². The first-order valence-electron chi connectivity index (χ1n) is 25.4. The van der Waals surface area contributed by atoms with Crippen LogP contribution in [0.1, 0.15) is 132 Å². The number of amides is 8. The van der Waals surface area contributed by atoms with Crippen molar-refractivity contribution in [3.8, 4) is 0 Å². The van der Waals surface area contributed by atoms with E-state index < -0.39 is 42.0 Å². The van der Waals surface area contributed by atoms with Crippen LogP contribution in [0, 0.1) is 35.5 Å². The summed E-state index contributed by atoms with van der Waals surface area (Å²) < 4.78 is 11.5. The molecule has 1 heterocycles. The number of unbranched alkanes of at least 4 members (excludes halogenated alkanes) is 2. The average molecular weight is 996 g/mol. The van der Waals surface area contributed by atoms with E-state index in [1.165, 1.54) is 29.0 Å². The van der Waals surface area contributed by atoms with Gasteiger partial charge in [-0.1, -0.05) is 87.3 Å². The summed E-state index contributed by atoms with van der Waals surface area (Å²) in [5, 5.41) is 5.38. The summed E-state index contributed by atoms with van der Waals surface area (Å²) in [5.74, 6) is -3.99. The SMILES string of the molecule is CC[C@H](C)[C@@H]([C@@H](CC)OC)N(C)C(=O)[C@@H](CC(=O)[C@H](C(C)C)N(C)C(=O)OCc1ccc(NC(=O)[C@H](CCCNC(N)=O)CC(=O)[C@H](C(C)C)N(C)C(=O)CCCCCN2C(=O)C=CC2=O)cc1)C(C)C. The molecule has 8 amide bonds. The molecule has 0 spiro atoms. The van der Waals surface area contributed by atoms with Crippen molar-refractivity contribution >= 4 is 58.9 Å². The molecule has 0 bridgehead atoms. The zero-order chi connectivity index (χ0) is 53.7. The van der Waals surface area contributed by atoms with Crippen molar-refractivity contribution in [3.05, 3.63) is 42.0 Å². The molecule has 0 saturated carbocycles. The predicted octanol–water partition coefficient (Wildman–Crippen LogP) is 6.74. The number of ether oxygens (including phenoxy) is 2. The number of primary amides is 1. The van der Waals surface area contributed by atoms with Gasteiger partial charge in [-0.3, -0.25) is 38.5 Å². The molecule has 71 heavy (non-hydrogen) atoms. The van der Waals surface area contributed by atoms with Crippen LogP contribution in [0.3, 0.4) is 0 Å². The third-order valence-corrected chi connectivity index (χ3v) is 13.7. The van der Waals surface area contributed by atoms with Crippen LogP contribution in [0.25, 0.3) is 0 Å². The molecule has 398 valence electrons. The quantitative estimate of drug-likeness (QED) is 0.0505. The Labute approximate surface area is 422 Å². The van der Waals surface area contributed by atoms with E-state index >= 15 is 0 Å². The van der Waals surface area contributed by atoms with Gasteiger partial charge in [0.25, 0.3) is 11.8 Å². The Morgan fingerprint density at radius 1 is 0.718 bits per heavy atom. The van der Waals surface area contributed by atoms with Crippen molar-refractivity contribution in [1.29, 1.82) is 0 Å². The van der Waals surface area contributed by atoms with E-state index in [1.807, 2.05) is 48.5 Å². The fourth-order valence-corrected chi connectivity index (χ4v) is 9.46. The van der Waals surface area contributed by atoms with Gasteiger partial charge in [0.2, 0.25) is 17.7 Å². The minimum absolute atomic E-state index is 0.0457. The highest BCUT2D eigenvalue weighted by molar-refractivity contribution is 6.12. The van der Waals surface area contributed by atoms with Gasteiger partial charge in [-0.25, -0.2) is 9.59 Å². The van der Waals surface area contributed by atoms with E-state index in [-0.39, 0.29) is 116 Å². The molecular formula is C53H85N7O11. The lowest BCUT2D eigenvalue weighted by Gasteiger charge is -2.40. The van der Waals surface area contributed by atoms with E-state index in [9.17, 15) is 43.2 Å². The molecule has 2 rings (SSSR count). The van der Waals surface area contributed by atoms with Gasteiger partial charge < -0.3 is 40.5 Å². The molecule has 0 radical (unpaired) electrons. The minimum Gasteiger partial charge on any atom is -0.445 e. The zero-order valence-electron chi connectivity index (χ0n) is 44.8. The largest absolute Gasteiger partial charge is 0.445 e. The number of carbonyl (C=O) groups is 9. The maximum atomic E-state index is 14.1. The highest BCUT2D eigenvalue weighted by atomic mass is 16.6. The van der Waals surface area contributed by atoms with E-state index in [0.717, 1.165) is 17.7 Å². The molecule has 18 heteroatoms. The Morgan fingerprint density at radius 3 is 1.82 bits per heavy atom. The maximum Gasteiger partial charge on any atom is 0.410 e. The highest BCUT2D eigenvalue weighted by Gasteiger charge is 2.39. The number of nitrogens with zero attached hydrogens (tertiary/aromatic N) is 4. The summed E-state index contributed by atoms with van der Waals surface area (Å²) in [6.07, 6.45) is 5.34. The van der Waals surface area contributed by atoms with Crippen LogP contribution in [-0.2, 0) is 49.6 Å². The van der Waals surface area contributed by atoms with Crippen molar-refractivity contribution in [3.63, 3.8) is 0 Å². The molecule has 1 aliphatic rings. The molecule has 0 unspecified atom stereocenters. The van der Waals surface area contributed by atoms with Crippen LogP contribution >= 0.6 is 0 Å². The summed E-state index contributed by atoms with van der Waals surface area (Å²) in [6, 6.07) is 4.10. The number of hydrogen-bond acceptors (Lipinski definition) is 11. The van der Waals surface area contributed by atoms with Crippen LogP contribution in [-0.4, -0.2) is 138 Å². The van der Waals surface area contributed by atoms with Crippen molar-refractivity contribution in [2.75, 3.05) is 46.7 Å². The first-order chi connectivity index (χ1) is 33.4. The van der Waals surface area contributed by atoms with Crippen molar-refractivity contribution in [2.24, 2.45) is 41.2 Å². The van der Waals surface area contributed by atoms with Gasteiger partial charge in [0.15, 0.2) is 11.6 Å². The number of hydrogen-bond donors (Lipinski definition) is 3. The fraction of sp³-hybridized carbons (Fsp3) is 0.679. The number of anilines is 1. The van der Waals surface area contributed by atoms with Crippen molar-refractivity contribution < 1.29 is 52.6 Å². The summed E-state index contributed by atoms with van der Waals surface area (Å²) in [7, 11) is 6.53. The van der Waals surface area contributed by atoms with E-state index in [0.29, 0.717) is 36.9 Å². The molecule has 7 atom stereocenters. The topological polar surface area (TPSA) is 235 Å². The molecule has 1 aromatic rings. The number of nitrogens with two attached hydrogens (primary N) is 1. The Kier molecular flexibility index (Phi) is 26.2. The number of likely N-dealkylation sites (N-methyl/N-ethyl adjacent to an activating group) is 3. The molecule has 1 aromatic carbocycles. The molecule has 18 nitrogen and oxygen atoms in total. The van der Waals surface area contributed by atoms with Crippen LogP contribution < -0.4 is 16.4 Å². The third kappa shape index (κ3) is 18.8. The Bertz CT molecular complexity index is 1970. The van der Waals surface area contributed by atoms with Crippen molar-refractivity contribution in [1.82, 2.24) is 24.9 Å². The first-order valence-corrected chi connectivity index (χ1v) is 25.4. The summed E-state index contributed by atoms with van der Waals surface area (Å²) in [5.41, 5.74) is 6.27. The number of urea groups is 1. The number of nitrogens with one attached hydrogen (secondary N) is 2. The van der Waals surface area contributed by atoms with Crippen LogP contribution in [0.2, 0.25) is 0 Å². The molecule has 0 fully saturated rings. The Balaban J connectivity index is 2.11. The second-order valence-electron chi connectivity index (χ2n) is 20.0. The monoisotopic (exact) mass is 996 g/mol. The predicted molar refractivity (Wildman–Crippen MR) is 272 cm³/mol. The van der Waals surface area contributed by atoms with Gasteiger partial charge in [0, 0.05) is 90.3 Å². The van der Waals surface area contributed by atoms with Crippen molar-refractivity contribution in [2.45, 2.75) is 157 Å². The maximum absolute atomic E-state index is 14.1. The van der Waals surface area contributed by atoms with Gasteiger partial charge in [-0.15, -0.1) is 0 Å². The third-order valence-electron chi connectivity index (χ3n) is 13.7. The standard InChI is InChI=1S/C53H85N7O11/c1-14-36(9)49(43(15-2)70-13)58(11)51(67)40(33(3)4)31-42(62)48(35(7)8)59(12)53(69)71-32-37-22-24-39(25-23-37)56-50(66)38(20-19-28-55-52(54)68)30-41(61)47(34(5)6)57(10)44(63)21-17-16-18-29-60-45(64)26-27-46(60)65/h22-27,33-36,38,40,43,47-49H,14-21,28-32H2,1-13H3,(H,56,66)(H3,54,55,68)/t36-,38+,40-,43+,47-,48-,49-/m0/s1. The lowest BCUT2D eigenvalue weighted by atomic mass is 9.83. The van der Waals surface area contributed by atoms with Crippen LogP contribution in [0.15, 0.2) is 36.4 Å². The fourth-order valence-electron chi connectivity index (χ4n) is 9.46. The van der Waals surface area contributed by atoms with Gasteiger partial charge in [-0.05, 0) is 73.5 Å². The number of carbonyl (C=O) groups excluding carboxylic acids is 9. The number of Topliss-reactive ketones (excluding diaryl/α,β-unsaturated/α-hetero) is 2. The summed E-state index contributed by atoms with van der Waals surface area (Å²) in [4.78, 5) is 123. The summed E-state index contributed by atoms with van der Waals surface area (Å²) in [6.45, 7) is 17.7. The first kappa shape index (κ1) is 61.5. The van der Waals surface area contributed by atoms with E-state index in [1.54, 1.807) is 50.4 Å². The highest BCUT2D eigenvalue weighted by Crippen LogP contribution is 2.28. The number of methoxy groups -OCH3 is 1. The van der Waals surface area contributed by atoms with E-state index in [4.69, 9.17) is 15.2 Å². The molecule has 0 aromatic heterocycles. The Hall–Kier alpha value is -5.65.